The standard InChI is InChI=1S/C14H16N4O5S/c1-8-14(9(2)18-17-8)24(20,21)15-6-13(19)16-10-3-4-11-12(5-10)23-7-22-11/h3-5,15H,6-7H2,1-2H3,(H,16,19)(H,17,18). The van der Waals surface area contributed by atoms with Gasteiger partial charge in [0.15, 0.2) is 11.5 Å². The summed E-state index contributed by atoms with van der Waals surface area (Å²) in [5, 5.41) is 9.03. The van der Waals surface area contributed by atoms with E-state index in [1.54, 1.807) is 32.0 Å². The van der Waals surface area contributed by atoms with E-state index in [4.69, 9.17) is 9.47 Å². The molecule has 1 aromatic carbocycles. The highest BCUT2D eigenvalue weighted by Gasteiger charge is 2.23. The molecule has 0 spiro atoms. The number of hydrogen-bond acceptors (Lipinski definition) is 6. The van der Waals surface area contributed by atoms with E-state index in [0.717, 1.165) is 0 Å². The van der Waals surface area contributed by atoms with Gasteiger partial charge in [0.25, 0.3) is 0 Å². The highest BCUT2D eigenvalue weighted by Crippen LogP contribution is 2.34. The van der Waals surface area contributed by atoms with Crippen molar-refractivity contribution in [1.82, 2.24) is 14.9 Å². The second-order valence-electron chi connectivity index (χ2n) is 5.20. The summed E-state index contributed by atoms with van der Waals surface area (Å²) in [5.74, 6) is 0.619. The van der Waals surface area contributed by atoms with Gasteiger partial charge in [-0.3, -0.25) is 9.89 Å². The van der Waals surface area contributed by atoms with Gasteiger partial charge < -0.3 is 14.8 Å². The Kier molecular flexibility index (Phi) is 4.16. The van der Waals surface area contributed by atoms with Crippen LogP contribution >= 0.6 is 0 Å². The minimum absolute atomic E-state index is 0.0541. The van der Waals surface area contributed by atoms with E-state index < -0.39 is 22.5 Å². The van der Waals surface area contributed by atoms with Gasteiger partial charge in [0.2, 0.25) is 22.7 Å². The first-order chi connectivity index (χ1) is 11.4. The molecule has 0 atom stereocenters. The maximum atomic E-state index is 12.3. The van der Waals surface area contributed by atoms with Gasteiger partial charge in [-0.05, 0) is 26.0 Å². The van der Waals surface area contributed by atoms with Crippen LogP contribution in [0.4, 0.5) is 5.69 Å². The molecule has 0 saturated carbocycles. The Labute approximate surface area is 138 Å². The van der Waals surface area contributed by atoms with Gasteiger partial charge in [-0.2, -0.15) is 5.10 Å². The summed E-state index contributed by atoms with van der Waals surface area (Å²) in [7, 11) is -3.82. The Morgan fingerprint density at radius 1 is 1.29 bits per heavy atom. The topological polar surface area (TPSA) is 122 Å². The van der Waals surface area contributed by atoms with Crippen LogP contribution in [0.2, 0.25) is 0 Å². The molecule has 2 aromatic rings. The van der Waals surface area contributed by atoms with Crippen molar-refractivity contribution in [3.8, 4) is 11.5 Å². The molecule has 1 amide bonds. The third-order valence-electron chi connectivity index (χ3n) is 3.41. The van der Waals surface area contributed by atoms with E-state index in [9.17, 15) is 13.2 Å². The zero-order chi connectivity index (χ0) is 17.3. The molecule has 0 fully saturated rings. The number of hydrogen-bond donors (Lipinski definition) is 3. The number of anilines is 1. The molecule has 1 aromatic heterocycles. The number of nitrogens with zero attached hydrogens (tertiary/aromatic N) is 1. The number of aromatic amines is 1. The van der Waals surface area contributed by atoms with Crippen LogP contribution in [0.5, 0.6) is 11.5 Å². The van der Waals surface area contributed by atoms with Crippen molar-refractivity contribution < 1.29 is 22.7 Å². The zero-order valence-electron chi connectivity index (χ0n) is 13.0. The lowest BCUT2D eigenvalue weighted by atomic mass is 10.3. The summed E-state index contributed by atoms with van der Waals surface area (Å²) in [4.78, 5) is 12.0. The number of amides is 1. The van der Waals surface area contributed by atoms with Gasteiger partial charge in [-0.25, -0.2) is 13.1 Å². The number of fused-ring (bicyclic) bond motifs is 1. The van der Waals surface area contributed by atoms with Crippen LogP contribution < -0.4 is 19.5 Å². The molecule has 0 radical (unpaired) electrons. The molecule has 1 aliphatic heterocycles. The number of carbonyl (C=O) groups is 1. The number of benzene rings is 1. The first-order valence-corrected chi connectivity index (χ1v) is 8.56. The fourth-order valence-corrected chi connectivity index (χ4v) is 3.70. The van der Waals surface area contributed by atoms with E-state index in [1.165, 1.54) is 0 Å². The second kappa shape index (κ2) is 6.13. The summed E-state index contributed by atoms with van der Waals surface area (Å²) in [6, 6.07) is 4.92. The van der Waals surface area contributed by atoms with E-state index in [2.05, 4.69) is 20.2 Å². The van der Waals surface area contributed by atoms with Crippen molar-refractivity contribution in [2.45, 2.75) is 18.7 Å². The lowest BCUT2D eigenvalue weighted by Crippen LogP contribution is -2.33. The molecular formula is C14H16N4O5S. The molecular weight excluding hydrogens is 336 g/mol. The average molecular weight is 352 g/mol. The lowest BCUT2D eigenvalue weighted by molar-refractivity contribution is -0.115. The van der Waals surface area contributed by atoms with Crippen molar-refractivity contribution in [2.24, 2.45) is 0 Å². The number of H-pyrrole nitrogens is 1. The summed E-state index contributed by atoms with van der Waals surface area (Å²) < 4.78 is 37.2. The third kappa shape index (κ3) is 3.19. The molecule has 2 heterocycles. The fourth-order valence-electron chi connectivity index (χ4n) is 2.35. The Bertz CT molecular complexity index is 871. The number of aromatic nitrogens is 2. The molecule has 3 rings (SSSR count). The van der Waals surface area contributed by atoms with Crippen molar-refractivity contribution in [3.05, 3.63) is 29.6 Å². The van der Waals surface area contributed by atoms with Crippen LogP contribution in [0.15, 0.2) is 23.1 Å². The van der Waals surface area contributed by atoms with Crippen molar-refractivity contribution in [1.29, 1.82) is 0 Å². The molecule has 24 heavy (non-hydrogen) atoms. The van der Waals surface area contributed by atoms with Crippen molar-refractivity contribution >= 4 is 21.6 Å². The smallest absolute Gasteiger partial charge is 0.244 e. The average Bonchev–Trinajstić information content (AvgIpc) is 3.11. The number of sulfonamides is 1. The van der Waals surface area contributed by atoms with Gasteiger partial charge >= 0.3 is 0 Å². The Balaban J connectivity index is 1.63. The second-order valence-corrected chi connectivity index (χ2v) is 6.91. The zero-order valence-corrected chi connectivity index (χ0v) is 13.9. The predicted octanol–water partition coefficient (Wildman–Crippen LogP) is 0.672. The van der Waals surface area contributed by atoms with Gasteiger partial charge in [-0.1, -0.05) is 0 Å². The third-order valence-corrected chi connectivity index (χ3v) is 5.07. The van der Waals surface area contributed by atoms with E-state index in [0.29, 0.717) is 28.6 Å². The van der Waals surface area contributed by atoms with Gasteiger partial charge in [0.05, 0.1) is 17.9 Å². The molecule has 0 bridgehead atoms. The molecule has 0 saturated heterocycles. The van der Waals surface area contributed by atoms with Crippen LogP contribution in [-0.4, -0.2) is 37.9 Å². The maximum absolute atomic E-state index is 12.3. The number of aryl methyl sites for hydroxylation is 2. The number of ether oxygens (including phenoxy) is 2. The molecule has 0 unspecified atom stereocenters. The SMILES string of the molecule is Cc1n[nH]c(C)c1S(=O)(=O)NCC(=O)Nc1ccc2c(c1)OCO2. The number of nitrogens with one attached hydrogen (secondary N) is 3. The maximum Gasteiger partial charge on any atom is 0.244 e. The van der Waals surface area contributed by atoms with E-state index >= 15 is 0 Å². The molecule has 10 heteroatoms. The summed E-state index contributed by atoms with van der Waals surface area (Å²) in [6.07, 6.45) is 0. The Hall–Kier alpha value is -2.59. The van der Waals surface area contributed by atoms with Crippen LogP contribution in [-0.2, 0) is 14.8 Å². The monoisotopic (exact) mass is 352 g/mol. The van der Waals surface area contributed by atoms with Gasteiger partial charge in [-0.15, -0.1) is 0 Å². The predicted molar refractivity (Wildman–Crippen MR) is 84.4 cm³/mol. The van der Waals surface area contributed by atoms with Crippen LogP contribution in [0.25, 0.3) is 0 Å². The first-order valence-electron chi connectivity index (χ1n) is 7.07. The Morgan fingerprint density at radius 3 is 2.75 bits per heavy atom. The van der Waals surface area contributed by atoms with Crippen LogP contribution in [0, 0.1) is 13.8 Å². The van der Waals surface area contributed by atoms with E-state index in [1.807, 2.05) is 0 Å². The molecule has 9 nitrogen and oxygen atoms in total. The van der Waals surface area contributed by atoms with Crippen molar-refractivity contribution in [2.75, 3.05) is 18.7 Å². The lowest BCUT2D eigenvalue weighted by Gasteiger charge is -2.08. The van der Waals surface area contributed by atoms with E-state index in [-0.39, 0.29) is 11.7 Å². The molecule has 128 valence electrons. The summed E-state index contributed by atoms with van der Waals surface area (Å²) in [5.41, 5.74) is 1.24. The quantitative estimate of drug-likeness (QED) is 0.727. The summed E-state index contributed by atoms with van der Waals surface area (Å²) >= 11 is 0. The molecule has 1 aliphatic rings. The number of carbonyl (C=O) groups excluding carboxylic acids is 1. The number of rotatable bonds is 5. The molecule has 3 N–H and O–H groups in total. The molecule has 0 aliphatic carbocycles. The van der Waals surface area contributed by atoms with Gasteiger partial charge in [0.1, 0.15) is 4.90 Å². The fraction of sp³-hybridized carbons (Fsp3) is 0.286. The minimum Gasteiger partial charge on any atom is -0.454 e. The highest BCUT2D eigenvalue weighted by molar-refractivity contribution is 7.89. The first kappa shape index (κ1) is 16.3. The Morgan fingerprint density at radius 2 is 2.04 bits per heavy atom. The normalized spacial score (nSPS) is 13.1. The summed E-state index contributed by atoms with van der Waals surface area (Å²) in [6.45, 7) is 2.91. The van der Waals surface area contributed by atoms with Crippen molar-refractivity contribution in [3.63, 3.8) is 0 Å². The van der Waals surface area contributed by atoms with Crippen LogP contribution in [0.1, 0.15) is 11.4 Å². The van der Waals surface area contributed by atoms with Gasteiger partial charge in [0, 0.05) is 11.8 Å². The highest BCUT2D eigenvalue weighted by atomic mass is 32.2. The van der Waals surface area contributed by atoms with Crippen LogP contribution in [0.3, 0.4) is 0 Å². The largest absolute Gasteiger partial charge is 0.454 e. The minimum atomic E-state index is -3.82.